The maximum atomic E-state index is 14.7. The maximum Gasteiger partial charge on any atom is 0.335 e. The van der Waals surface area contributed by atoms with Crippen molar-refractivity contribution in [3.05, 3.63) is 99.9 Å². The zero-order chi connectivity index (χ0) is 31.3. The van der Waals surface area contributed by atoms with Crippen molar-refractivity contribution < 1.29 is 43.9 Å². The average Bonchev–Trinajstić information content (AvgIpc) is 3.58. The van der Waals surface area contributed by atoms with Gasteiger partial charge in [-0.3, -0.25) is 9.59 Å². The number of aryl methyl sites for hydroxylation is 1. The highest BCUT2D eigenvalue weighted by molar-refractivity contribution is 6.41. The minimum Gasteiger partial charge on any atom is -0.507 e. The molecule has 4 aliphatic rings. The summed E-state index contributed by atoms with van der Waals surface area (Å²) >= 11 is 0. The van der Waals surface area contributed by atoms with Gasteiger partial charge in [0.15, 0.2) is 11.8 Å². The minimum atomic E-state index is -1.11. The molecule has 2 saturated heterocycles. The molecule has 0 spiro atoms. The first-order chi connectivity index (χ1) is 21.6. The van der Waals surface area contributed by atoms with Gasteiger partial charge >= 0.3 is 5.97 Å². The van der Waals surface area contributed by atoms with Crippen LogP contribution in [0, 0.1) is 6.92 Å². The Hall–Kier alpha value is -4.97. The van der Waals surface area contributed by atoms with Gasteiger partial charge in [-0.2, -0.15) is 0 Å². The van der Waals surface area contributed by atoms with Gasteiger partial charge < -0.3 is 39.4 Å². The third-order valence-electron chi connectivity index (χ3n) is 9.08. The number of para-hydroxylation sites is 1. The number of phenols is 1. The number of aliphatic hydroxyl groups is 2. The molecular formula is C34H28N2O9. The molecule has 11 heteroatoms. The lowest BCUT2D eigenvalue weighted by Gasteiger charge is -2.39. The number of allylic oxidation sites excluding steroid dienone is 2. The second-order valence-corrected chi connectivity index (χ2v) is 11.9. The number of aliphatic hydroxyl groups excluding tert-OH is 2. The van der Waals surface area contributed by atoms with Crippen LogP contribution in [-0.4, -0.2) is 67.3 Å². The van der Waals surface area contributed by atoms with Crippen molar-refractivity contribution >= 4 is 34.0 Å². The molecule has 4 heterocycles. The van der Waals surface area contributed by atoms with Gasteiger partial charge in [-0.05, 0) is 43.7 Å². The highest BCUT2D eigenvalue weighted by atomic mass is 16.7. The van der Waals surface area contributed by atoms with E-state index in [9.17, 15) is 29.7 Å². The number of hydrogen-bond acceptors (Lipinski definition) is 10. The number of ether oxygens (including phenoxy) is 3. The zero-order valence-electron chi connectivity index (χ0n) is 24.2. The molecule has 1 aromatic heterocycles. The van der Waals surface area contributed by atoms with Crippen LogP contribution in [0.1, 0.15) is 68.6 Å². The van der Waals surface area contributed by atoms with Gasteiger partial charge in [0.1, 0.15) is 23.3 Å². The number of carbonyl (C=O) groups excluding carboxylic acids is 3. The lowest BCUT2D eigenvalue weighted by atomic mass is 9.78. The molecule has 0 bridgehead atoms. The fourth-order valence-corrected chi connectivity index (χ4v) is 7.05. The van der Waals surface area contributed by atoms with Crippen molar-refractivity contribution in [2.45, 2.75) is 57.1 Å². The highest BCUT2D eigenvalue weighted by Crippen LogP contribution is 2.55. The van der Waals surface area contributed by atoms with Gasteiger partial charge in [0, 0.05) is 45.8 Å². The normalized spacial score (nSPS) is 27.2. The molecule has 3 aliphatic heterocycles. The van der Waals surface area contributed by atoms with Gasteiger partial charge in [0.05, 0.1) is 23.3 Å². The molecule has 0 saturated carbocycles. The van der Waals surface area contributed by atoms with Gasteiger partial charge in [-0.25, -0.2) is 4.79 Å². The molecule has 0 radical (unpaired) electrons. The van der Waals surface area contributed by atoms with Crippen LogP contribution < -0.4 is 4.74 Å². The second kappa shape index (κ2) is 9.77. The Balaban J connectivity index is 1.32. The summed E-state index contributed by atoms with van der Waals surface area (Å²) in [6, 6.07) is 14.2. The number of aromatic nitrogens is 1. The van der Waals surface area contributed by atoms with Gasteiger partial charge in [0.2, 0.25) is 18.3 Å². The molecule has 228 valence electrons. The Kier molecular flexibility index (Phi) is 5.98. The number of H-pyrrole nitrogens is 1. The third-order valence-corrected chi connectivity index (χ3v) is 9.08. The first-order valence-corrected chi connectivity index (χ1v) is 14.7. The number of carbonyl (C=O) groups is 3. The topological polar surface area (TPSA) is 159 Å². The summed E-state index contributed by atoms with van der Waals surface area (Å²) in [5, 5.41) is 32.4. The highest BCUT2D eigenvalue weighted by Gasteiger charge is 2.55. The number of fused-ring (bicyclic) bond motifs is 7. The molecule has 2 unspecified atom stereocenters. The lowest BCUT2D eigenvalue weighted by molar-refractivity contribution is -0.216. The summed E-state index contributed by atoms with van der Waals surface area (Å²) in [5.74, 6) is -1.91. The number of rotatable bonds is 3. The number of aromatic amines is 1. The smallest absolute Gasteiger partial charge is 0.335 e. The quantitative estimate of drug-likeness (QED) is 0.252. The van der Waals surface area contributed by atoms with E-state index in [-0.39, 0.29) is 45.9 Å². The van der Waals surface area contributed by atoms with Crippen molar-refractivity contribution in [3.8, 4) is 11.5 Å². The minimum absolute atomic E-state index is 0.0300. The molecule has 2 fully saturated rings. The molecule has 1 aliphatic carbocycles. The lowest BCUT2D eigenvalue weighted by Crippen LogP contribution is -2.48. The number of nitrogens with one attached hydrogen (secondary N) is 1. The summed E-state index contributed by atoms with van der Waals surface area (Å²) in [5.41, 5.74) is 2.47. The second-order valence-electron chi connectivity index (χ2n) is 11.9. The molecule has 0 amide bonds. The molecule has 6 atom stereocenters. The van der Waals surface area contributed by atoms with E-state index in [1.165, 1.54) is 23.1 Å². The Labute approximate surface area is 256 Å². The Morgan fingerprint density at radius 2 is 1.78 bits per heavy atom. The van der Waals surface area contributed by atoms with Crippen molar-refractivity contribution in [1.29, 1.82) is 0 Å². The Morgan fingerprint density at radius 1 is 0.978 bits per heavy atom. The molecule has 8 rings (SSSR count). The molecule has 3 aromatic carbocycles. The summed E-state index contributed by atoms with van der Waals surface area (Å²) < 4.78 is 17.8. The first-order valence-electron chi connectivity index (χ1n) is 14.7. The summed E-state index contributed by atoms with van der Waals surface area (Å²) in [6.45, 7) is 3.37. The average molecular weight is 609 g/mol. The van der Waals surface area contributed by atoms with Gasteiger partial charge in [-0.1, -0.05) is 30.3 Å². The number of nitrogens with zero attached hydrogens (tertiary/aromatic N) is 1. The van der Waals surface area contributed by atoms with E-state index >= 15 is 0 Å². The number of phenolic OH excluding ortho intramolecular Hbond substituents is 1. The van der Waals surface area contributed by atoms with Crippen molar-refractivity contribution in [3.63, 3.8) is 0 Å². The van der Waals surface area contributed by atoms with Crippen LogP contribution in [0.25, 0.3) is 16.5 Å². The van der Waals surface area contributed by atoms with Crippen molar-refractivity contribution in [2.24, 2.45) is 0 Å². The van der Waals surface area contributed by atoms with E-state index in [0.29, 0.717) is 16.7 Å². The Bertz CT molecular complexity index is 1980. The number of esters is 1. The van der Waals surface area contributed by atoms with E-state index in [2.05, 4.69) is 4.98 Å². The summed E-state index contributed by atoms with van der Waals surface area (Å²) in [7, 11) is 0. The number of aromatic hydroxyl groups is 1. The van der Waals surface area contributed by atoms with Crippen molar-refractivity contribution in [2.75, 3.05) is 0 Å². The number of ketones is 2. The van der Waals surface area contributed by atoms with Crippen LogP contribution in [-0.2, 0) is 14.3 Å². The van der Waals surface area contributed by atoms with Crippen LogP contribution in [0.3, 0.4) is 0 Å². The molecule has 45 heavy (non-hydrogen) atoms. The summed E-state index contributed by atoms with van der Waals surface area (Å²) in [6.07, 6.45) is -3.43. The number of hydrogen-bond donors (Lipinski definition) is 4. The van der Waals surface area contributed by atoms with E-state index in [0.717, 1.165) is 10.9 Å². The Morgan fingerprint density at radius 3 is 2.58 bits per heavy atom. The van der Waals surface area contributed by atoms with Crippen LogP contribution >= 0.6 is 0 Å². The monoisotopic (exact) mass is 608 g/mol. The maximum absolute atomic E-state index is 14.7. The van der Waals surface area contributed by atoms with Crippen molar-refractivity contribution in [1.82, 2.24) is 9.88 Å². The summed E-state index contributed by atoms with van der Waals surface area (Å²) in [4.78, 5) is 47.6. The standard InChI is InChI=1S/C34H28N2O9/c1-14-10-18-25(21(37)11-14)27-29(36-28(34(42)45-33(18)36)19-13-35-20-8-4-3-6-16(19)20)32(41)26-17(31(27)40)7-5-9-23(26)44-24-12-22(38)30(39)15(2)43-24/h3-11,13,15,22,24,28,30,33,35,37-39H,12H2,1-2H3/t15-,22+,24-,28?,30-,33?/m0/s1. The van der Waals surface area contributed by atoms with Crippen LogP contribution in [0.5, 0.6) is 11.5 Å². The van der Waals surface area contributed by atoms with E-state index in [1.807, 2.05) is 24.3 Å². The molecule has 4 aromatic rings. The fourth-order valence-electron chi connectivity index (χ4n) is 7.05. The predicted molar refractivity (Wildman–Crippen MR) is 158 cm³/mol. The molecular weight excluding hydrogens is 580 g/mol. The molecule has 11 nitrogen and oxygen atoms in total. The van der Waals surface area contributed by atoms with E-state index in [4.69, 9.17) is 14.2 Å². The number of benzene rings is 3. The first kappa shape index (κ1) is 27.6. The zero-order valence-corrected chi connectivity index (χ0v) is 24.2. The van der Waals surface area contributed by atoms with E-state index in [1.54, 1.807) is 32.2 Å². The van der Waals surface area contributed by atoms with Crippen LogP contribution in [0.4, 0.5) is 0 Å². The van der Waals surface area contributed by atoms with Gasteiger partial charge in [0.25, 0.3) is 0 Å². The largest absolute Gasteiger partial charge is 0.507 e. The SMILES string of the molecule is Cc1cc(O)c2c(c1)C1OC(=O)C(c3c[nH]c4ccccc34)N1C1=C2C(=O)c2cccc(O[C@H]3C[C@@H](O)[C@@H](O)[C@H](C)O3)c2C1=O. The number of Topliss-reactive ketones (excluding diaryl/α,β-unsaturated/α-hetero) is 2. The van der Waals surface area contributed by atoms with Crippen LogP contribution in [0.15, 0.2) is 66.5 Å². The predicted octanol–water partition coefficient (Wildman–Crippen LogP) is 3.82. The molecule has 4 N–H and O–H groups in total. The van der Waals surface area contributed by atoms with E-state index < -0.39 is 54.4 Å². The van der Waals surface area contributed by atoms with Gasteiger partial charge in [-0.15, -0.1) is 0 Å². The third kappa shape index (κ3) is 3.91. The van der Waals surface area contributed by atoms with Crippen LogP contribution in [0.2, 0.25) is 0 Å². The fraction of sp³-hybridized carbons (Fsp3) is 0.265.